The van der Waals surface area contributed by atoms with Crippen molar-refractivity contribution >= 4 is 22.4 Å². The van der Waals surface area contributed by atoms with Crippen LogP contribution in [0.2, 0.25) is 0 Å². The number of nitrogens with zero attached hydrogens (tertiary/aromatic N) is 3. The Bertz CT molecular complexity index is 381. The molecule has 0 aliphatic rings. The fraction of sp³-hybridized carbons (Fsp3) is 0.667. The first-order valence-electron chi connectivity index (χ1n) is 6.18. The maximum atomic E-state index is 11.4. The Morgan fingerprint density at radius 2 is 2.17 bits per heavy atom. The number of hydrogen-bond donors (Lipinski definition) is 1. The van der Waals surface area contributed by atoms with Crippen molar-refractivity contribution in [2.75, 3.05) is 31.1 Å². The molecule has 102 valence electrons. The number of carbonyl (C=O) groups is 1. The van der Waals surface area contributed by atoms with Gasteiger partial charge in [-0.15, -0.1) is 11.3 Å². The number of hydrogen-bond acceptors (Lipinski definition) is 5. The van der Waals surface area contributed by atoms with Gasteiger partial charge in [0, 0.05) is 31.9 Å². The second kappa shape index (κ2) is 7.45. The molecule has 0 saturated heterocycles. The minimum atomic E-state index is 0.0149. The summed E-state index contributed by atoms with van der Waals surface area (Å²) in [6, 6.07) is 0. The summed E-state index contributed by atoms with van der Waals surface area (Å²) in [6.45, 7) is 8.56. The molecular formula is C12H21N3O2S. The second-order valence-corrected chi connectivity index (χ2v) is 4.81. The first-order valence-corrected chi connectivity index (χ1v) is 7.06. The van der Waals surface area contributed by atoms with Crippen LogP contribution in [0.1, 0.15) is 26.5 Å². The van der Waals surface area contributed by atoms with Gasteiger partial charge in [0.2, 0.25) is 5.91 Å². The molecule has 5 nitrogen and oxygen atoms in total. The van der Waals surface area contributed by atoms with Crippen LogP contribution >= 0.6 is 11.3 Å². The molecule has 1 heterocycles. The van der Waals surface area contributed by atoms with E-state index in [1.807, 2.05) is 12.3 Å². The van der Waals surface area contributed by atoms with Crippen molar-refractivity contribution in [3.8, 4) is 0 Å². The zero-order valence-electron chi connectivity index (χ0n) is 11.2. The third-order valence-corrected chi connectivity index (χ3v) is 3.63. The number of aliphatic hydroxyl groups excluding tert-OH is 1. The monoisotopic (exact) mass is 271 g/mol. The normalized spacial score (nSPS) is 10.9. The molecule has 0 spiro atoms. The van der Waals surface area contributed by atoms with Crippen molar-refractivity contribution in [1.29, 1.82) is 0 Å². The van der Waals surface area contributed by atoms with E-state index in [0.29, 0.717) is 19.6 Å². The van der Waals surface area contributed by atoms with Crippen LogP contribution in [0.3, 0.4) is 0 Å². The van der Waals surface area contributed by atoms with Gasteiger partial charge in [0.15, 0.2) is 5.13 Å². The molecule has 0 radical (unpaired) electrons. The van der Waals surface area contributed by atoms with Crippen LogP contribution in [0.25, 0.3) is 0 Å². The molecule has 1 rings (SSSR count). The van der Waals surface area contributed by atoms with Crippen LogP contribution < -0.4 is 4.90 Å². The highest BCUT2D eigenvalue weighted by Crippen LogP contribution is 2.21. The molecule has 1 amide bonds. The zero-order chi connectivity index (χ0) is 13.5. The first kappa shape index (κ1) is 15.1. The number of thiazole rings is 1. The molecule has 0 bridgehead atoms. The van der Waals surface area contributed by atoms with Gasteiger partial charge < -0.3 is 5.11 Å². The summed E-state index contributed by atoms with van der Waals surface area (Å²) in [4.78, 5) is 19.7. The van der Waals surface area contributed by atoms with Crippen LogP contribution in [0, 0.1) is 0 Å². The number of amides is 1. The quantitative estimate of drug-likeness (QED) is 0.813. The Labute approximate surface area is 112 Å². The van der Waals surface area contributed by atoms with E-state index in [4.69, 9.17) is 5.11 Å². The predicted octanol–water partition coefficient (Wildman–Crippen LogP) is 1.33. The van der Waals surface area contributed by atoms with Crippen molar-refractivity contribution in [1.82, 2.24) is 9.88 Å². The van der Waals surface area contributed by atoms with Crippen LogP contribution in [0.4, 0.5) is 5.13 Å². The summed E-state index contributed by atoms with van der Waals surface area (Å²) < 4.78 is 0. The maximum absolute atomic E-state index is 11.4. The van der Waals surface area contributed by atoms with E-state index in [-0.39, 0.29) is 12.5 Å². The topological polar surface area (TPSA) is 56.7 Å². The van der Waals surface area contributed by atoms with Crippen LogP contribution in [-0.4, -0.2) is 47.1 Å². The highest BCUT2D eigenvalue weighted by molar-refractivity contribution is 7.14. The lowest BCUT2D eigenvalue weighted by Gasteiger charge is -2.18. The molecule has 1 N–H and O–H groups in total. The van der Waals surface area contributed by atoms with Gasteiger partial charge in [-0.25, -0.2) is 4.98 Å². The molecule has 18 heavy (non-hydrogen) atoms. The van der Waals surface area contributed by atoms with E-state index >= 15 is 0 Å². The summed E-state index contributed by atoms with van der Waals surface area (Å²) in [7, 11) is 0. The predicted molar refractivity (Wildman–Crippen MR) is 73.9 cm³/mol. The van der Waals surface area contributed by atoms with E-state index in [2.05, 4.69) is 16.8 Å². The average Bonchev–Trinajstić information content (AvgIpc) is 2.77. The van der Waals surface area contributed by atoms with E-state index in [0.717, 1.165) is 17.4 Å². The van der Waals surface area contributed by atoms with Crippen molar-refractivity contribution in [3.05, 3.63) is 11.1 Å². The number of carbonyl (C=O) groups excluding carboxylic acids is 1. The Hall–Kier alpha value is -0.980. The molecule has 0 aliphatic heterocycles. The largest absolute Gasteiger partial charge is 0.395 e. The first-order chi connectivity index (χ1) is 8.62. The maximum Gasteiger partial charge on any atom is 0.225 e. The highest BCUT2D eigenvalue weighted by atomic mass is 32.1. The molecule has 0 aliphatic carbocycles. The molecule has 0 aromatic carbocycles. The fourth-order valence-corrected chi connectivity index (χ4v) is 2.63. The molecular weight excluding hydrogens is 250 g/mol. The third-order valence-electron chi connectivity index (χ3n) is 2.72. The smallest absolute Gasteiger partial charge is 0.225 e. The van der Waals surface area contributed by atoms with Crippen molar-refractivity contribution in [2.45, 2.75) is 27.3 Å². The van der Waals surface area contributed by atoms with Gasteiger partial charge in [-0.05, 0) is 13.5 Å². The van der Waals surface area contributed by atoms with Gasteiger partial charge in [-0.3, -0.25) is 14.6 Å². The standard InChI is InChI=1S/C12H21N3O2S/c1-4-14(6-7-16)8-11-9-18-12(13-11)15(5-2)10(3)17/h9,16H,4-8H2,1-3H3. The highest BCUT2D eigenvalue weighted by Gasteiger charge is 2.14. The van der Waals surface area contributed by atoms with Gasteiger partial charge in [-0.2, -0.15) is 0 Å². The molecule has 0 saturated carbocycles. The summed E-state index contributed by atoms with van der Waals surface area (Å²) in [5.41, 5.74) is 0.949. The molecule has 0 atom stereocenters. The molecule has 1 aromatic heterocycles. The second-order valence-electron chi connectivity index (χ2n) is 3.98. The fourth-order valence-electron chi connectivity index (χ4n) is 1.70. The van der Waals surface area contributed by atoms with Crippen LogP contribution in [0.15, 0.2) is 5.38 Å². The van der Waals surface area contributed by atoms with E-state index < -0.39 is 0 Å². The average molecular weight is 271 g/mol. The molecule has 1 aromatic rings. The molecule has 6 heteroatoms. The summed E-state index contributed by atoms with van der Waals surface area (Å²) in [5.74, 6) is 0.0149. The van der Waals surface area contributed by atoms with Crippen LogP contribution in [-0.2, 0) is 11.3 Å². The number of rotatable bonds is 7. The Balaban J connectivity index is 2.70. The van der Waals surface area contributed by atoms with E-state index in [1.165, 1.54) is 11.3 Å². The van der Waals surface area contributed by atoms with Crippen LogP contribution in [0.5, 0.6) is 0 Å². The minimum Gasteiger partial charge on any atom is -0.395 e. The van der Waals surface area contributed by atoms with E-state index in [9.17, 15) is 4.79 Å². The van der Waals surface area contributed by atoms with E-state index in [1.54, 1.807) is 11.8 Å². The van der Waals surface area contributed by atoms with Gasteiger partial charge in [-0.1, -0.05) is 6.92 Å². The molecule has 0 unspecified atom stereocenters. The van der Waals surface area contributed by atoms with Gasteiger partial charge in [0.05, 0.1) is 12.3 Å². The number of aliphatic hydroxyl groups is 1. The van der Waals surface area contributed by atoms with Gasteiger partial charge in [0.1, 0.15) is 0 Å². The lowest BCUT2D eigenvalue weighted by atomic mass is 10.4. The Morgan fingerprint density at radius 3 is 2.67 bits per heavy atom. The number of anilines is 1. The van der Waals surface area contributed by atoms with Gasteiger partial charge >= 0.3 is 0 Å². The molecule has 0 fully saturated rings. The summed E-state index contributed by atoms with van der Waals surface area (Å²) in [5, 5.41) is 11.7. The third kappa shape index (κ3) is 4.04. The van der Waals surface area contributed by atoms with Gasteiger partial charge in [0.25, 0.3) is 0 Å². The Morgan fingerprint density at radius 1 is 1.44 bits per heavy atom. The Kier molecular flexibility index (Phi) is 6.24. The zero-order valence-corrected chi connectivity index (χ0v) is 12.0. The lowest BCUT2D eigenvalue weighted by Crippen LogP contribution is -2.28. The number of likely N-dealkylation sites (N-methyl/N-ethyl adjacent to an activating group) is 1. The number of aromatic nitrogens is 1. The van der Waals surface area contributed by atoms with Crippen molar-refractivity contribution < 1.29 is 9.90 Å². The minimum absolute atomic E-state index is 0.0149. The van der Waals surface area contributed by atoms with Crippen molar-refractivity contribution in [3.63, 3.8) is 0 Å². The summed E-state index contributed by atoms with van der Waals surface area (Å²) >= 11 is 1.49. The summed E-state index contributed by atoms with van der Waals surface area (Å²) in [6.07, 6.45) is 0. The lowest BCUT2D eigenvalue weighted by molar-refractivity contribution is -0.116. The SMILES string of the molecule is CCN(CCO)Cc1csc(N(CC)C(C)=O)n1. The van der Waals surface area contributed by atoms with Crippen molar-refractivity contribution in [2.24, 2.45) is 0 Å².